The monoisotopic (exact) mass is 337 g/mol. The third-order valence-electron chi connectivity index (χ3n) is 3.92. The van der Waals surface area contributed by atoms with Crippen LogP contribution in [-0.2, 0) is 15.1 Å². The molecule has 1 saturated heterocycles. The van der Waals surface area contributed by atoms with Crippen LogP contribution in [0.15, 0.2) is 24.3 Å². The zero-order valence-corrected chi connectivity index (χ0v) is 13.9. The number of nitrogens with zero attached hydrogens (tertiary/aromatic N) is 1. The second-order valence-corrected chi connectivity index (χ2v) is 5.87. The van der Waals surface area contributed by atoms with Gasteiger partial charge in [-0.2, -0.15) is 0 Å². The Morgan fingerprint density at radius 3 is 2.48 bits per heavy atom. The summed E-state index contributed by atoms with van der Waals surface area (Å²) < 4.78 is 0. The predicted octanol–water partition coefficient (Wildman–Crippen LogP) is 2.02. The van der Waals surface area contributed by atoms with Crippen molar-refractivity contribution in [1.29, 1.82) is 0 Å². The number of carbonyl (C=O) groups excluding carboxylic acids is 3. The lowest BCUT2D eigenvalue weighted by atomic mass is 9.87. The molecule has 0 aliphatic carbocycles. The number of amides is 4. The number of hydrogen-bond acceptors (Lipinski definition) is 3. The predicted molar refractivity (Wildman–Crippen MR) is 87.0 cm³/mol. The number of nitrogens with one attached hydrogen (secondary N) is 2. The average Bonchev–Trinajstić information content (AvgIpc) is 2.78. The molecule has 1 aliphatic rings. The Bertz CT molecular complexity index is 618. The van der Waals surface area contributed by atoms with E-state index in [2.05, 4.69) is 10.6 Å². The summed E-state index contributed by atoms with van der Waals surface area (Å²) in [6.45, 7) is 3.97. The summed E-state index contributed by atoms with van der Waals surface area (Å²) in [4.78, 5) is 37.8. The number of halogens is 1. The lowest BCUT2D eigenvalue weighted by Crippen LogP contribution is -2.44. The minimum Gasteiger partial charge on any atom is -0.355 e. The highest BCUT2D eigenvalue weighted by atomic mass is 35.5. The maximum absolute atomic E-state index is 12.8. The maximum Gasteiger partial charge on any atom is 0.325 e. The highest BCUT2D eigenvalue weighted by Gasteiger charge is 2.51. The molecule has 1 fully saturated rings. The van der Waals surface area contributed by atoms with Crippen LogP contribution in [0.5, 0.6) is 0 Å². The van der Waals surface area contributed by atoms with Crippen LogP contribution in [0.1, 0.15) is 32.3 Å². The van der Waals surface area contributed by atoms with Crippen LogP contribution in [-0.4, -0.2) is 35.8 Å². The normalized spacial score (nSPS) is 20.6. The quantitative estimate of drug-likeness (QED) is 0.779. The van der Waals surface area contributed by atoms with E-state index in [0.29, 0.717) is 23.6 Å². The van der Waals surface area contributed by atoms with E-state index < -0.39 is 17.5 Å². The molecule has 1 heterocycles. The van der Waals surface area contributed by atoms with Crippen molar-refractivity contribution in [2.75, 3.05) is 13.1 Å². The second kappa shape index (κ2) is 7.00. The maximum atomic E-state index is 12.8. The van der Waals surface area contributed by atoms with E-state index in [1.807, 2.05) is 13.8 Å². The molecule has 1 unspecified atom stereocenters. The van der Waals surface area contributed by atoms with Crippen molar-refractivity contribution in [2.24, 2.45) is 0 Å². The van der Waals surface area contributed by atoms with Crippen molar-refractivity contribution >= 4 is 29.4 Å². The molecule has 1 aromatic carbocycles. The molecule has 1 aliphatic heterocycles. The number of hydrogen-bond donors (Lipinski definition) is 2. The van der Waals surface area contributed by atoms with E-state index in [1.54, 1.807) is 24.3 Å². The molecule has 0 saturated carbocycles. The largest absolute Gasteiger partial charge is 0.355 e. The number of benzene rings is 1. The molecule has 2 N–H and O–H groups in total. The lowest BCUT2D eigenvalue weighted by Gasteiger charge is -2.25. The summed E-state index contributed by atoms with van der Waals surface area (Å²) in [6, 6.07) is 6.21. The average molecular weight is 338 g/mol. The minimum atomic E-state index is -1.15. The minimum absolute atomic E-state index is 0.278. The zero-order valence-electron chi connectivity index (χ0n) is 13.2. The third kappa shape index (κ3) is 3.32. The highest BCUT2D eigenvalue weighted by Crippen LogP contribution is 2.32. The molecule has 124 valence electrons. The molecule has 0 aromatic heterocycles. The zero-order chi connectivity index (χ0) is 17.0. The Kier molecular flexibility index (Phi) is 5.26. The Morgan fingerprint density at radius 1 is 1.26 bits per heavy atom. The van der Waals surface area contributed by atoms with Gasteiger partial charge in [-0.1, -0.05) is 37.6 Å². The molecule has 0 radical (unpaired) electrons. The third-order valence-corrected chi connectivity index (χ3v) is 4.17. The summed E-state index contributed by atoms with van der Waals surface area (Å²) in [5, 5.41) is 5.94. The first-order valence-electron chi connectivity index (χ1n) is 7.61. The van der Waals surface area contributed by atoms with Crippen LogP contribution >= 0.6 is 11.6 Å². The van der Waals surface area contributed by atoms with Crippen LogP contribution < -0.4 is 10.6 Å². The first-order chi connectivity index (χ1) is 10.9. The van der Waals surface area contributed by atoms with Crippen molar-refractivity contribution in [2.45, 2.75) is 32.2 Å². The van der Waals surface area contributed by atoms with Gasteiger partial charge in [0.25, 0.3) is 5.91 Å². The van der Waals surface area contributed by atoms with Crippen LogP contribution in [0.25, 0.3) is 0 Å². The van der Waals surface area contributed by atoms with Crippen LogP contribution in [0.4, 0.5) is 4.79 Å². The van der Waals surface area contributed by atoms with E-state index in [-0.39, 0.29) is 12.5 Å². The summed E-state index contributed by atoms with van der Waals surface area (Å²) in [5.74, 6) is -0.766. The molecule has 0 spiro atoms. The molecule has 1 aromatic rings. The van der Waals surface area contributed by atoms with Gasteiger partial charge < -0.3 is 10.6 Å². The Balaban J connectivity index is 2.24. The SMILES string of the molecule is CCCNC(=O)CN1C(=O)NC(CC)(c2ccc(Cl)cc2)C1=O. The molecule has 1 atom stereocenters. The Morgan fingerprint density at radius 2 is 1.91 bits per heavy atom. The van der Waals surface area contributed by atoms with Gasteiger partial charge in [0.05, 0.1) is 0 Å². The van der Waals surface area contributed by atoms with Crippen LogP contribution in [0.2, 0.25) is 5.02 Å². The van der Waals surface area contributed by atoms with Crippen molar-refractivity contribution < 1.29 is 14.4 Å². The van der Waals surface area contributed by atoms with Gasteiger partial charge in [-0.15, -0.1) is 0 Å². The first-order valence-corrected chi connectivity index (χ1v) is 7.99. The molecule has 7 heteroatoms. The summed E-state index contributed by atoms with van der Waals surface area (Å²) in [6.07, 6.45) is 1.17. The fourth-order valence-electron chi connectivity index (χ4n) is 2.61. The molecular weight excluding hydrogens is 318 g/mol. The molecule has 0 bridgehead atoms. The second-order valence-electron chi connectivity index (χ2n) is 5.44. The number of urea groups is 1. The first kappa shape index (κ1) is 17.3. The number of carbonyl (C=O) groups is 3. The van der Waals surface area contributed by atoms with Gasteiger partial charge in [-0.25, -0.2) is 4.79 Å². The summed E-state index contributed by atoms with van der Waals surface area (Å²) in [5.41, 5.74) is -0.494. The van der Waals surface area contributed by atoms with Crippen LogP contribution in [0, 0.1) is 0 Å². The van der Waals surface area contributed by atoms with Crippen molar-refractivity contribution in [1.82, 2.24) is 15.5 Å². The fraction of sp³-hybridized carbons (Fsp3) is 0.438. The van der Waals surface area contributed by atoms with Gasteiger partial charge in [0.15, 0.2) is 0 Å². The molecular formula is C16H20ClN3O3. The fourth-order valence-corrected chi connectivity index (χ4v) is 2.73. The smallest absolute Gasteiger partial charge is 0.325 e. The topological polar surface area (TPSA) is 78.5 Å². The van der Waals surface area contributed by atoms with Gasteiger partial charge in [-0.3, -0.25) is 14.5 Å². The molecule has 2 rings (SSSR count). The van der Waals surface area contributed by atoms with E-state index in [1.165, 1.54) is 0 Å². The van der Waals surface area contributed by atoms with Crippen molar-refractivity contribution in [3.63, 3.8) is 0 Å². The van der Waals surface area contributed by atoms with Crippen molar-refractivity contribution in [3.8, 4) is 0 Å². The highest BCUT2D eigenvalue weighted by molar-refractivity contribution is 6.30. The Hall–Kier alpha value is -2.08. The van der Waals surface area contributed by atoms with Gasteiger partial charge in [0.1, 0.15) is 12.1 Å². The van der Waals surface area contributed by atoms with E-state index in [4.69, 9.17) is 11.6 Å². The van der Waals surface area contributed by atoms with Gasteiger partial charge in [0.2, 0.25) is 5.91 Å². The van der Waals surface area contributed by atoms with Gasteiger partial charge >= 0.3 is 6.03 Å². The lowest BCUT2D eigenvalue weighted by molar-refractivity contribution is -0.135. The summed E-state index contributed by atoms with van der Waals surface area (Å²) >= 11 is 5.88. The van der Waals surface area contributed by atoms with E-state index >= 15 is 0 Å². The number of imide groups is 1. The van der Waals surface area contributed by atoms with Gasteiger partial charge in [0, 0.05) is 11.6 Å². The van der Waals surface area contributed by atoms with Crippen LogP contribution in [0.3, 0.4) is 0 Å². The van der Waals surface area contributed by atoms with E-state index in [0.717, 1.165) is 11.3 Å². The molecule has 6 nitrogen and oxygen atoms in total. The standard InChI is InChI=1S/C16H20ClN3O3/c1-3-9-18-13(21)10-20-14(22)16(4-2,19-15(20)23)11-5-7-12(17)8-6-11/h5-8H,3-4,9-10H2,1-2H3,(H,18,21)(H,19,23). The van der Waals surface area contributed by atoms with Gasteiger partial charge in [-0.05, 0) is 30.5 Å². The van der Waals surface area contributed by atoms with Crippen molar-refractivity contribution in [3.05, 3.63) is 34.9 Å². The summed E-state index contributed by atoms with van der Waals surface area (Å²) in [7, 11) is 0. The van der Waals surface area contributed by atoms with E-state index in [9.17, 15) is 14.4 Å². The number of rotatable bonds is 6. The molecule has 23 heavy (non-hydrogen) atoms. The Labute approximate surface area is 140 Å². The molecule has 4 amide bonds.